The van der Waals surface area contributed by atoms with Crippen LogP contribution < -0.4 is 0 Å². The Morgan fingerprint density at radius 2 is 2.25 bits per heavy atom. The fraction of sp³-hybridized carbons (Fsp3) is 0.529. The minimum absolute atomic E-state index is 0.185. The Kier molecular flexibility index (Phi) is 1.94. The van der Waals surface area contributed by atoms with E-state index in [9.17, 15) is 4.79 Å². The molecule has 1 spiro atoms. The predicted molar refractivity (Wildman–Crippen MR) is 74.9 cm³/mol. The summed E-state index contributed by atoms with van der Waals surface area (Å²) in [5.74, 6) is 2.39. The molecule has 2 saturated carbocycles. The monoisotopic (exact) mass is 266 g/mol. The van der Waals surface area contributed by atoms with Crippen molar-refractivity contribution in [3.8, 4) is 0 Å². The number of hydrogen-bond acceptors (Lipinski definition) is 2. The van der Waals surface area contributed by atoms with Crippen LogP contribution in [0.25, 0.3) is 0 Å². The first kappa shape index (κ1) is 11.1. The minimum atomic E-state index is 0.185. The molecule has 3 heteroatoms. The Balaban J connectivity index is 1.37. The number of carbonyl (C=O) groups is 1. The predicted octanol–water partition coefficient (Wildman–Crippen LogP) is 2.64. The van der Waals surface area contributed by atoms with Gasteiger partial charge in [-0.25, -0.2) is 0 Å². The van der Waals surface area contributed by atoms with Crippen LogP contribution in [0.3, 0.4) is 0 Å². The van der Waals surface area contributed by atoms with E-state index in [1.165, 1.54) is 19.3 Å². The van der Waals surface area contributed by atoms with Crippen LogP contribution in [0.1, 0.15) is 35.3 Å². The van der Waals surface area contributed by atoms with Gasteiger partial charge in [0.2, 0.25) is 0 Å². The van der Waals surface area contributed by atoms with Crippen LogP contribution in [0.15, 0.2) is 30.5 Å². The first-order valence-electron chi connectivity index (χ1n) is 7.69. The lowest BCUT2D eigenvalue weighted by Crippen LogP contribution is -2.32. The van der Waals surface area contributed by atoms with Gasteiger partial charge in [-0.1, -0.05) is 12.2 Å². The van der Waals surface area contributed by atoms with Crippen molar-refractivity contribution < 1.29 is 4.79 Å². The third-order valence-corrected chi connectivity index (χ3v) is 6.05. The van der Waals surface area contributed by atoms with Gasteiger partial charge >= 0.3 is 0 Å². The number of fused-ring (bicyclic) bond motifs is 1. The highest BCUT2D eigenvalue weighted by Gasteiger charge is 2.62. The number of pyridine rings is 1. The molecule has 2 bridgehead atoms. The summed E-state index contributed by atoms with van der Waals surface area (Å²) in [4.78, 5) is 18.8. The van der Waals surface area contributed by atoms with Gasteiger partial charge in [0, 0.05) is 12.7 Å². The molecule has 1 aromatic heterocycles. The van der Waals surface area contributed by atoms with E-state index in [0.717, 1.165) is 29.6 Å². The summed E-state index contributed by atoms with van der Waals surface area (Å²) >= 11 is 0. The van der Waals surface area contributed by atoms with Gasteiger partial charge in [0.25, 0.3) is 5.91 Å². The van der Waals surface area contributed by atoms with Crippen LogP contribution in [0, 0.1) is 23.2 Å². The van der Waals surface area contributed by atoms with Crippen LogP contribution in [0.2, 0.25) is 0 Å². The molecule has 0 radical (unpaired) electrons. The third kappa shape index (κ3) is 1.26. The maximum atomic E-state index is 12.4. The lowest BCUT2D eigenvalue weighted by atomic mass is 9.88. The highest BCUT2D eigenvalue weighted by Crippen LogP contribution is 2.70. The van der Waals surface area contributed by atoms with Crippen molar-refractivity contribution in [2.24, 2.45) is 23.2 Å². The molecule has 5 rings (SSSR count). The summed E-state index contributed by atoms with van der Waals surface area (Å²) in [6, 6.07) is 3.77. The molecule has 2 heterocycles. The number of amides is 1. The number of nitrogens with zero attached hydrogens (tertiary/aromatic N) is 2. The summed E-state index contributed by atoms with van der Waals surface area (Å²) in [7, 11) is 0. The molecule has 1 amide bonds. The van der Waals surface area contributed by atoms with Gasteiger partial charge in [-0.15, -0.1) is 0 Å². The van der Waals surface area contributed by atoms with Crippen molar-refractivity contribution in [2.45, 2.75) is 25.8 Å². The van der Waals surface area contributed by atoms with Gasteiger partial charge in [-0.2, -0.15) is 0 Å². The van der Waals surface area contributed by atoms with Gasteiger partial charge in [-0.3, -0.25) is 9.78 Å². The zero-order chi connectivity index (χ0) is 13.3. The van der Waals surface area contributed by atoms with E-state index < -0.39 is 0 Å². The molecule has 20 heavy (non-hydrogen) atoms. The minimum Gasteiger partial charge on any atom is -0.332 e. The average molecular weight is 266 g/mol. The lowest BCUT2D eigenvalue weighted by molar-refractivity contribution is 0.0739. The second kappa shape index (κ2) is 3.51. The average Bonchev–Trinajstić information content (AvgIpc) is 3.03. The molecule has 102 valence electrons. The van der Waals surface area contributed by atoms with Crippen LogP contribution in [0.5, 0.6) is 0 Å². The molecule has 0 saturated heterocycles. The highest BCUT2D eigenvalue weighted by atomic mass is 16.2. The zero-order valence-electron chi connectivity index (χ0n) is 11.5. The molecule has 0 aromatic carbocycles. The molecule has 3 atom stereocenters. The number of allylic oxidation sites excluding steroid dienone is 2. The number of aromatic nitrogens is 1. The van der Waals surface area contributed by atoms with Crippen LogP contribution in [-0.4, -0.2) is 22.3 Å². The van der Waals surface area contributed by atoms with Crippen LogP contribution in [0.4, 0.5) is 0 Å². The molecule has 4 aliphatic rings. The Labute approximate surface area is 118 Å². The van der Waals surface area contributed by atoms with Gasteiger partial charge in [0.1, 0.15) is 0 Å². The molecule has 0 N–H and O–H groups in total. The van der Waals surface area contributed by atoms with Crippen molar-refractivity contribution >= 4 is 5.91 Å². The van der Waals surface area contributed by atoms with E-state index in [1.54, 1.807) is 6.20 Å². The molecule has 1 aromatic rings. The molecule has 2 fully saturated rings. The smallest absolute Gasteiger partial charge is 0.256 e. The Bertz CT molecular complexity index is 632. The Morgan fingerprint density at radius 1 is 1.35 bits per heavy atom. The largest absolute Gasteiger partial charge is 0.332 e. The second-order valence-electron chi connectivity index (χ2n) is 6.93. The Hall–Kier alpha value is -1.64. The van der Waals surface area contributed by atoms with Crippen molar-refractivity contribution in [2.75, 3.05) is 6.54 Å². The van der Waals surface area contributed by atoms with Gasteiger partial charge in [0.15, 0.2) is 0 Å². The summed E-state index contributed by atoms with van der Waals surface area (Å²) in [5, 5.41) is 0. The number of carbonyl (C=O) groups excluding carboxylic acids is 1. The second-order valence-corrected chi connectivity index (χ2v) is 6.93. The van der Waals surface area contributed by atoms with Crippen molar-refractivity contribution in [1.82, 2.24) is 9.88 Å². The number of rotatable bonds is 2. The highest BCUT2D eigenvalue weighted by molar-refractivity contribution is 5.97. The maximum absolute atomic E-state index is 12.4. The van der Waals surface area contributed by atoms with Crippen molar-refractivity contribution in [3.05, 3.63) is 41.7 Å². The summed E-state index contributed by atoms with van der Waals surface area (Å²) in [6.45, 7) is 1.63. The van der Waals surface area contributed by atoms with Gasteiger partial charge in [-0.05, 0) is 54.6 Å². The zero-order valence-corrected chi connectivity index (χ0v) is 11.5. The fourth-order valence-electron chi connectivity index (χ4n) is 4.95. The van der Waals surface area contributed by atoms with E-state index in [0.29, 0.717) is 17.9 Å². The molecule has 0 unspecified atom stereocenters. The van der Waals surface area contributed by atoms with Crippen molar-refractivity contribution in [3.63, 3.8) is 0 Å². The van der Waals surface area contributed by atoms with Crippen molar-refractivity contribution in [1.29, 1.82) is 0 Å². The first-order chi connectivity index (χ1) is 9.78. The summed E-state index contributed by atoms with van der Waals surface area (Å²) in [6.07, 6.45) is 10.8. The molecular weight excluding hydrogens is 248 g/mol. The van der Waals surface area contributed by atoms with Gasteiger partial charge in [0.05, 0.1) is 17.8 Å². The molecule has 3 nitrogen and oxygen atoms in total. The summed E-state index contributed by atoms with van der Waals surface area (Å²) < 4.78 is 0. The lowest BCUT2D eigenvalue weighted by Gasteiger charge is -2.25. The van der Waals surface area contributed by atoms with E-state index in [1.807, 2.05) is 17.0 Å². The van der Waals surface area contributed by atoms with Crippen LogP contribution >= 0.6 is 0 Å². The van der Waals surface area contributed by atoms with Gasteiger partial charge < -0.3 is 4.90 Å². The SMILES string of the molecule is O=C1c2cccnc2CN1C[C@@H]1C[C@@H]2C=C[C@@H]1C21CC1. The first-order valence-corrected chi connectivity index (χ1v) is 7.69. The van der Waals surface area contributed by atoms with E-state index in [-0.39, 0.29) is 5.91 Å². The number of hydrogen-bond donors (Lipinski definition) is 0. The molecule has 3 aliphatic carbocycles. The topological polar surface area (TPSA) is 33.2 Å². The Morgan fingerprint density at radius 3 is 3.00 bits per heavy atom. The quantitative estimate of drug-likeness (QED) is 0.771. The van der Waals surface area contributed by atoms with Crippen LogP contribution in [-0.2, 0) is 6.54 Å². The van der Waals surface area contributed by atoms with E-state index >= 15 is 0 Å². The fourth-order valence-corrected chi connectivity index (χ4v) is 4.95. The third-order valence-electron chi connectivity index (χ3n) is 6.05. The summed E-state index contributed by atoms with van der Waals surface area (Å²) in [5.41, 5.74) is 2.39. The maximum Gasteiger partial charge on any atom is 0.256 e. The normalized spacial score (nSPS) is 35.1. The standard InChI is InChI=1S/C17H18N2O/c20-16-13-2-1-7-18-15(13)10-19(16)9-11-8-12-3-4-14(11)17(12)5-6-17/h1-4,7,11-12,14H,5-6,8-10H2/t11-,12-,14-/m0/s1. The van der Waals surface area contributed by atoms with E-state index in [4.69, 9.17) is 0 Å². The van der Waals surface area contributed by atoms with E-state index in [2.05, 4.69) is 17.1 Å². The molecule has 1 aliphatic heterocycles. The molecular formula is C17H18N2O.